The molecule has 0 fully saturated rings. The summed E-state index contributed by atoms with van der Waals surface area (Å²) in [5.74, 6) is -0.888. The van der Waals surface area contributed by atoms with Crippen molar-refractivity contribution in [3.8, 4) is 0 Å². The number of amides is 1. The molecule has 27 heavy (non-hydrogen) atoms. The molecule has 7 nitrogen and oxygen atoms in total. The first-order valence-electron chi connectivity index (χ1n) is 7.78. The Kier molecular flexibility index (Phi) is 5.45. The standard InChI is InChI=1S/C16H14ClF3N6O/c1-9-13(17)14(15(19)20)23-26(9)7-12(27)22-16-21-8-25(24-16)6-10-3-2-4-11(18)5-10/h2-5,8,15H,6-7H2,1H3,(H,22,24,27). The Morgan fingerprint density at radius 3 is 2.78 bits per heavy atom. The lowest BCUT2D eigenvalue weighted by Crippen LogP contribution is -2.21. The molecule has 0 saturated carbocycles. The zero-order valence-corrected chi connectivity index (χ0v) is 14.8. The molecule has 11 heteroatoms. The third-order valence-electron chi connectivity index (χ3n) is 3.68. The molecule has 2 heterocycles. The molecule has 0 radical (unpaired) electrons. The Morgan fingerprint density at radius 2 is 2.11 bits per heavy atom. The monoisotopic (exact) mass is 398 g/mol. The van der Waals surface area contributed by atoms with Gasteiger partial charge >= 0.3 is 0 Å². The van der Waals surface area contributed by atoms with Crippen molar-refractivity contribution in [2.45, 2.75) is 26.4 Å². The fourth-order valence-electron chi connectivity index (χ4n) is 2.39. The number of carbonyl (C=O) groups excluding carboxylic acids is 1. The van der Waals surface area contributed by atoms with Gasteiger partial charge in [-0.15, -0.1) is 5.10 Å². The van der Waals surface area contributed by atoms with Crippen LogP contribution >= 0.6 is 11.6 Å². The minimum absolute atomic E-state index is 0.0291. The number of hydrogen-bond donors (Lipinski definition) is 1. The predicted octanol–water partition coefficient (Wildman–Crippen LogP) is 3.20. The summed E-state index contributed by atoms with van der Waals surface area (Å²) in [5, 5.41) is 9.99. The number of nitrogens with one attached hydrogen (secondary N) is 1. The number of benzene rings is 1. The van der Waals surface area contributed by atoms with Gasteiger partial charge in [0.25, 0.3) is 6.43 Å². The summed E-state index contributed by atoms with van der Waals surface area (Å²) in [6, 6.07) is 6.01. The van der Waals surface area contributed by atoms with E-state index in [1.807, 2.05) is 0 Å². The van der Waals surface area contributed by atoms with Crippen molar-refractivity contribution < 1.29 is 18.0 Å². The summed E-state index contributed by atoms with van der Waals surface area (Å²) in [6.07, 6.45) is -1.45. The topological polar surface area (TPSA) is 77.6 Å². The smallest absolute Gasteiger partial charge is 0.283 e. The molecule has 1 amide bonds. The molecular weight excluding hydrogens is 385 g/mol. The highest BCUT2D eigenvalue weighted by atomic mass is 35.5. The molecule has 0 saturated heterocycles. The van der Waals surface area contributed by atoms with Crippen LogP contribution in [0.15, 0.2) is 30.6 Å². The van der Waals surface area contributed by atoms with Crippen molar-refractivity contribution in [3.05, 3.63) is 58.4 Å². The highest BCUT2D eigenvalue weighted by Gasteiger charge is 2.21. The van der Waals surface area contributed by atoms with Crippen LogP contribution in [0.5, 0.6) is 0 Å². The zero-order valence-electron chi connectivity index (χ0n) is 14.0. The van der Waals surface area contributed by atoms with E-state index in [2.05, 4.69) is 20.5 Å². The van der Waals surface area contributed by atoms with E-state index in [0.717, 1.165) is 4.68 Å². The molecule has 2 aromatic heterocycles. The number of halogens is 4. The van der Waals surface area contributed by atoms with Gasteiger partial charge in [-0.1, -0.05) is 23.7 Å². The molecule has 3 aromatic rings. The molecule has 0 unspecified atom stereocenters. The number of carbonyl (C=O) groups is 1. The summed E-state index contributed by atoms with van der Waals surface area (Å²) in [6.45, 7) is 1.43. The average molecular weight is 399 g/mol. The Hall–Kier alpha value is -2.88. The molecule has 0 aliphatic carbocycles. The van der Waals surface area contributed by atoms with Crippen molar-refractivity contribution in [1.29, 1.82) is 0 Å². The zero-order chi connectivity index (χ0) is 19.6. The highest BCUT2D eigenvalue weighted by molar-refractivity contribution is 6.31. The Balaban J connectivity index is 1.64. The first-order chi connectivity index (χ1) is 12.8. The maximum atomic E-state index is 13.2. The van der Waals surface area contributed by atoms with E-state index < -0.39 is 18.0 Å². The summed E-state index contributed by atoms with van der Waals surface area (Å²) < 4.78 is 41.3. The quantitative estimate of drug-likeness (QED) is 0.691. The molecule has 0 aliphatic rings. The van der Waals surface area contributed by atoms with Crippen LogP contribution in [0.2, 0.25) is 5.02 Å². The molecule has 1 aromatic carbocycles. The molecule has 0 aliphatic heterocycles. The van der Waals surface area contributed by atoms with E-state index in [4.69, 9.17) is 11.6 Å². The molecule has 3 rings (SSSR count). The third kappa shape index (κ3) is 4.45. The Labute approximate surface area is 156 Å². The van der Waals surface area contributed by atoms with Gasteiger partial charge in [0.2, 0.25) is 11.9 Å². The number of alkyl halides is 2. The van der Waals surface area contributed by atoms with Crippen LogP contribution in [0, 0.1) is 12.7 Å². The number of anilines is 1. The lowest BCUT2D eigenvalue weighted by atomic mass is 10.2. The van der Waals surface area contributed by atoms with Crippen molar-refractivity contribution >= 4 is 23.5 Å². The van der Waals surface area contributed by atoms with Crippen LogP contribution in [0.1, 0.15) is 23.4 Å². The molecule has 0 atom stereocenters. The van der Waals surface area contributed by atoms with Crippen LogP contribution < -0.4 is 5.32 Å². The number of nitrogens with zero attached hydrogens (tertiary/aromatic N) is 5. The van der Waals surface area contributed by atoms with Crippen LogP contribution in [0.3, 0.4) is 0 Å². The van der Waals surface area contributed by atoms with E-state index in [0.29, 0.717) is 5.56 Å². The van der Waals surface area contributed by atoms with Gasteiger partial charge in [-0.3, -0.25) is 14.8 Å². The Morgan fingerprint density at radius 1 is 1.33 bits per heavy atom. The second-order valence-electron chi connectivity index (χ2n) is 5.69. The van der Waals surface area contributed by atoms with E-state index in [-0.39, 0.29) is 35.6 Å². The van der Waals surface area contributed by atoms with Gasteiger partial charge in [-0.05, 0) is 24.6 Å². The van der Waals surface area contributed by atoms with E-state index in [1.54, 1.807) is 12.1 Å². The number of aromatic nitrogens is 5. The van der Waals surface area contributed by atoms with Gasteiger partial charge < -0.3 is 0 Å². The van der Waals surface area contributed by atoms with Gasteiger partial charge in [0, 0.05) is 0 Å². The van der Waals surface area contributed by atoms with E-state index >= 15 is 0 Å². The van der Waals surface area contributed by atoms with Crippen LogP contribution in [0.4, 0.5) is 19.1 Å². The number of rotatable bonds is 6. The fraction of sp³-hybridized carbons (Fsp3) is 0.250. The van der Waals surface area contributed by atoms with E-state index in [9.17, 15) is 18.0 Å². The largest absolute Gasteiger partial charge is 0.292 e. The van der Waals surface area contributed by atoms with Gasteiger partial charge in [0.05, 0.1) is 17.3 Å². The van der Waals surface area contributed by atoms with E-state index in [1.165, 1.54) is 30.1 Å². The summed E-state index contributed by atoms with van der Waals surface area (Å²) in [5.41, 5.74) is 0.366. The second kappa shape index (κ2) is 7.78. The highest BCUT2D eigenvalue weighted by Crippen LogP contribution is 2.28. The van der Waals surface area contributed by atoms with Crippen molar-refractivity contribution in [2.75, 3.05) is 5.32 Å². The first kappa shape index (κ1) is 18.9. The van der Waals surface area contributed by atoms with Gasteiger partial charge in [-0.2, -0.15) is 5.10 Å². The Bertz CT molecular complexity index is 971. The maximum absolute atomic E-state index is 13.2. The SMILES string of the molecule is Cc1c(Cl)c(C(F)F)nn1CC(=O)Nc1ncn(Cc2cccc(F)c2)n1. The van der Waals surface area contributed by atoms with Gasteiger partial charge in [-0.25, -0.2) is 22.8 Å². The lowest BCUT2D eigenvalue weighted by molar-refractivity contribution is -0.117. The third-order valence-corrected chi connectivity index (χ3v) is 4.15. The van der Waals surface area contributed by atoms with Crippen LogP contribution in [-0.2, 0) is 17.9 Å². The summed E-state index contributed by atoms with van der Waals surface area (Å²) >= 11 is 5.79. The minimum atomic E-state index is -2.83. The summed E-state index contributed by atoms with van der Waals surface area (Å²) in [7, 11) is 0. The van der Waals surface area contributed by atoms with Crippen molar-refractivity contribution in [2.24, 2.45) is 0 Å². The lowest BCUT2D eigenvalue weighted by Gasteiger charge is -2.04. The van der Waals surface area contributed by atoms with Crippen LogP contribution in [0.25, 0.3) is 0 Å². The molecule has 0 bridgehead atoms. The number of hydrogen-bond acceptors (Lipinski definition) is 4. The van der Waals surface area contributed by atoms with Gasteiger partial charge in [0.1, 0.15) is 24.4 Å². The predicted molar refractivity (Wildman–Crippen MR) is 91.1 cm³/mol. The average Bonchev–Trinajstić information content (AvgIpc) is 3.14. The second-order valence-corrected chi connectivity index (χ2v) is 6.06. The van der Waals surface area contributed by atoms with Crippen molar-refractivity contribution in [3.63, 3.8) is 0 Å². The van der Waals surface area contributed by atoms with Crippen LogP contribution in [-0.4, -0.2) is 30.5 Å². The summed E-state index contributed by atoms with van der Waals surface area (Å²) in [4.78, 5) is 16.0. The maximum Gasteiger partial charge on any atom is 0.283 e. The van der Waals surface area contributed by atoms with Gasteiger partial charge in [0.15, 0.2) is 0 Å². The first-order valence-corrected chi connectivity index (χ1v) is 8.16. The minimum Gasteiger partial charge on any atom is -0.292 e. The molecule has 1 N–H and O–H groups in total. The molecule has 0 spiro atoms. The molecule has 142 valence electrons. The fourth-order valence-corrected chi connectivity index (χ4v) is 2.61. The normalized spacial score (nSPS) is 11.2. The van der Waals surface area contributed by atoms with Crippen molar-refractivity contribution in [1.82, 2.24) is 24.5 Å². The molecular formula is C16H14ClF3N6O.